The summed E-state index contributed by atoms with van der Waals surface area (Å²) in [6.45, 7) is 2.59. The fourth-order valence-electron chi connectivity index (χ4n) is 3.34. The SMILES string of the molecule is CCOC(=O)CCn1ccn(C2CCc3c(F)cc(F)cc3C2)c1=S. The molecule has 1 unspecified atom stereocenters. The third-order valence-electron chi connectivity index (χ3n) is 4.57. The predicted molar refractivity (Wildman–Crippen MR) is 91.9 cm³/mol. The van der Waals surface area contributed by atoms with Gasteiger partial charge in [0.05, 0.1) is 13.0 Å². The second-order valence-corrected chi connectivity index (χ2v) is 6.52. The largest absolute Gasteiger partial charge is 0.466 e. The van der Waals surface area contributed by atoms with E-state index in [0.29, 0.717) is 41.9 Å². The highest BCUT2D eigenvalue weighted by Crippen LogP contribution is 2.31. The van der Waals surface area contributed by atoms with Crippen molar-refractivity contribution in [1.29, 1.82) is 0 Å². The number of aromatic nitrogens is 2. The van der Waals surface area contributed by atoms with Crippen LogP contribution < -0.4 is 0 Å². The van der Waals surface area contributed by atoms with Crippen LogP contribution in [0.15, 0.2) is 24.5 Å². The number of halogens is 2. The molecule has 0 spiro atoms. The zero-order chi connectivity index (χ0) is 18.0. The van der Waals surface area contributed by atoms with E-state index in [1.54, 1.807) is 6.92 Å². The Morgan fingerprint density at radius 3 is 2.92 bits per heavy atom. The number of benzene rings is 1. The summed E-state index contributed by atoms with van der Waals surface area (Å²) in [5, 5.41) is 0. The highest BCUT2D eigenvalue weighted by atomic mass is 32.1. The molecule has 0 amide bonds. The molecule has 134 valence electrons. The van der Waals surface area contributed by atoms with Crippen LogP contribution in [0.5, 0.6) is 0 Å². The lowest BCUT2D eigenvalue weighted by Gasteiger charge is -2.26. The van der Waals surface area contributed by atoms with Gasteiger partial charge in [0, 0.05) is 31.0 Å². The molecule has 3 rings (SSSR count). The maximum absolute atomic E-state index is 13.9. The van der Waals surface area contributed by atoms with Gasteiger partial charge in [0.1, 0.15) is 11.6 Å². The van der Waals surface area contributed by atoms with Crippen molar-refractivity contribution in [3.05, 3.63) is 52.1 Å². The second kappa shape index (κ2) is 7.47. The lowest BCUT2D eigenvalue weighted by atomic mass is 9.87. The summed E-state index contributed by atoms with van der Waals surface area (Å²) in [4.78, 5) is 11.5. The van der Waals surface area contributed by atoms with Crippen molar-refractivity contribution in [1.82, 2.24) is 9.13 Å². The zero-order valence-corrected chi connectivity index (χ0v) is 14.8. The zero-order valence-electron chi connectivity index (χ0n) is 14.0. The first-order valence-corrected chi connectivity index (χ1v) is 8.80. The number of imidazole rings is 1. The molecule has 1 heterocycles. The number of carbonyl (C=O) groups excluding carboxylic acids is 1. The monoisotopic (exact) mass is 366 g/mol. The molecule has 2 aromatic rings. The number of nitrogens with zero attached hydrogens (tertiary/aromatic N) is 2. The highest BCUT2D eigenvalue weighted by Gasteiger charge is 2.24. The van der Waals surface area contributed by atoms with Crippen LogP contribution in [0.2, 0.25) is 0 Å². The van der Waals surface area contributed by atoms with Crippen molar-refractivity contribution in [2.24, 2.45) is 0 Å². The molecule has 0 N–H and O–H groups in total. The Morgan fingerprint density at radius 1 is 1.36 bits per heavy atom. The van der Waals surface area contributed by atoms with Crippen molar-refractivity contribution in [2.45, 2.75) is 45.2 Å². The molecule has 1 aromatic heterocycles. The van der Waals surface area contributed by atoms with Crippen LogP contribution in [0.25, 0.3) is 0 Å². The summed E-state index contributed by atoms with van der Waals surface area (Å²) < 4.78 is 36.7. The van der Waals surface area contributed by atoms with Crippen LogP contribution in [0.4, 0.5) is 8.78 Å². The van der Waals surface area contributed by atoms with E-state index in [4.69, 9.17) is 17.0 Å². The molecule has 7 heteroatoms. The van der Waals surface area contributed by atoms with Gasteiger partial charge in [0.15, 0.2) is 4.77 Å². The Bertz CT molecular complexity index is 844. The maximum atomic E-state index is 13.9. The summed E-state index contributed by atoms with van der Waals surface area (Å²) in [6, 6.07) is 2.41. The van der Waals surface area contributed by atoms with Crippen LogP contribution in [0.1, 0.15) is 36.9 Å². The van der Waals surface area contributed by atoms with Crippen molar-refractivity contribution in [2.75, 3.05) is 6.61 Å². The van der Waals surface area contributed by atoms with E-state index < -0.39 is 11.6 Å². The molecular formula is C18H20F2N2O2S. The minimum atomic E-state index is -0.549. The van der Waals surface area contributed by atoms with E-state index in [0.717, 1.165) is 12.5 Å². The molecule has 25 heavy (non-hydrogen) atoms. The highest BCUT2D eigenvalue weighted by molar-refractivity contribution is 7.71. The Balaban J connectivity index is 1.75. The minimum Gasteiger partial charge on any atom is -0.466 e. The average molecular weight is 366 g/mol. The van der Waals surface area contributed by atoms with Crippen LogP contribution in [-0.4, -0.2) is 21.7 Å². The van der Waals surface area contributed by atoms with E-state index in [2.05, 4.69) is 0 Å². The van der Waals surface area contributed by atoms with Crippen LogP contribution >= 0.6 is 12.2 Å². The average Bonchev–Trinajstić information content (AvgIpc) is 2.93. The van der Waals surface area contributed by atoms with Crippen LogP contribution in [-0.2, 0) is 28.9 Å². The van der Waals surface area contributed by atoms with Gasteiger partial charge < -0.3 is 13.9 Å². The van der Waals surface area contributed by atoms with Gasteiger partial charge in [-0.25, -0.2) is 8.78 Å². The summed E-state index contributed by atoms with van der Waals surface area (Å²) in [5.41, 5.74) is 1.31. The summed E-state index contributed by atoms with van der Waals surface area (Å²) in [7, 11) is 0. The first-order chi connectivity index (χ1) is 12.0. The van der Waals surface area contributed by atoms with E-state index in [1.807, 2.05) is 21.5 Å². The van der Waals surface area contributed by atoms with Gasteiger partial charge in [-0.05, 0) is 55.6 Å². The molecule has 0 saturated heterocycles. The molecular weight excluding hydrogens is 346 g/mol. The predicted octanol–water partition coefficient (Wildman–Crippen LogP) is 3.98. The van der Waals surface area contributed by atoms with Crippen molar-refractivity contribution < 1.29 is 18.3 Å². The van der Waals surface area contributed by atoms with Gasteiger partial charge in [-0.2, -0.15) is 0 Å². The van der Waals surface area contributed by atoms with Crippen molar-refractivity contribution in [3.8, 4) is 0 Å². The Kier molecular flexibility index (Phi) is 5.32. The first-order valence-electron chi connectivity index (χ1n) is 8.39. The number of hydrogen-bond donors (Lipinski definition) is 0. The van der Waals surface area contributed by atoms with Gasteiger partial charge in [-0.1, -0.05) is 0 Å². The smallest absolute Gasteiger partial charge is 0.307 e. The van der Waals surface area contributed by atoms with E-state index >= 15 is 0 Å². The standard InChI is InChI=1S/C18H20F2N2O2S/c1-2-24-17(23)5-6-21-7-8-22(18(21)25)14-3-4-15-12(10-14)9-13(19)11-16(15)20/h7-9,11,14H,2-6,10H2,1H3. The van der Waals surface area contributed by atoms with Crippen molar-refractivity contribution in [3.63, 3.8) is 0 Å². The fourth-order valence-corrected chi connectivity index (χ4v) is 3.71. The Hall–Kier alpha value is -2.02. The molecule has 0 saturated carbocycles. The molecule has 4 nitrogen and oxygen atoms in total. The number of aryl methyl sites for hydroxylation is 1. The van der Waals surface area contributed by atoms with E-state index in [-0.39, 0.29) is 18.4 Å². The van der Waals surface area contributed by atoms with Crippen LogP contribution in [0.3, 0.4) is 0 Å². The summed E-state index contributed by atoms with van der Waals surface area (Å²) in [5.74, 6) is -1.27. The summed E-state index contributed by atoms with van der Waals surface area (Å²) in [6.07, 6.45) is 5.81. The van der Waals surface area contributed by atoms with Gasteiger partial charge in [0.25, 0.3) is 0 Å². The topological polar surface area (TPSA) is 36.2 Å². The number of fused-ring (bicyclic) bond motifs is 1. The Morgan fingerprint density at radius 2 is 2.16 bits per heavy atom. The van der Waals surface area contributed by atoms with Gasteiger partial charge >= 0.3 is 5.97 Å². The maximum Gasteiger partial charge on any atom is 0.307 e. The molecule has 1 atom stereocenters. The quantitative estimate of drug-likeness (QED) is 0.593. The molecule has 1 aromatic carbocycles. The van der Waals surface area contributed by atoms with Gasteiger partial charge in [-0.3, -0.25) is 4.79 Å². The third kappa shape index (κ3) is 3.81. The molecule has 1 aliphatic carbocycles. The lowest BCUT2D eigenvalue weighted by Crippen LogP contribution is -2.20. The number of esters is 1. The van der Waals surface area contributed by atoms with E-state index in [1.165, 1.54) is 6.07 Å². The fraction of sp³-hybridized carbons (Fsp3) is 0.444. The normalized spacial score (nSPS) is 16.5. The number of hydrogen-bond acceptors (Lipinski definition) is 3. The minimum absolute atomic E-state index is 0.0602. The molecule has 0 fully saturated rings. The molecule has 0 radical (unpaired) electrons. The number of rotatable bonds is 5. The number of carbonyl (C=O) groups is 1. The number of ether oxygens (including phenoxy) is 1. The van der Waals surface area contributed by atoms with E-state index in [9.17, 15) is 13.6 Å². The lowest BCUT2D eigenvalue weighted by molar-refractivity contribution is -0.143. The molecule has 0 bridgehead atoms. The summed E-state index contributed by atoms with van der Waals surface area (Å²) >= 11 is 5.50. The van der Waals surface area contributed by atoms with Crippen molar-refractivity contribution >= 4 is 18.2 Å². The molecule has 1 aliphatic rings. The van der Waals surface area contributed by atoms with Gasteiger partial charge in [0.2, 0.25) is 0 Å². The first kappa shape index (κ1) is 17.8. The third-order valence-corrected chi connectivity index (χ3v) is 5.01. The molecule has 0 aliphatic heterocycles. The Labute approximate surface area is 150 Å². The second-order valence-electron chi connectivity index (χ2n) is 6.16. The van der Waals surface area contributed by atoms with Crippen LogP contribution in [0, 0.1) is 16.4 Å². The van der Waals surface area contributed by atoms with Gasteiger partial charge in [-0.15, -0.1) is 0 Å².